The number of rotatable bonds is 5. The number of fused-ring (bicyclic) bond motifs is 1. The van der Waals surface area contributed by atoms with Gasteiger partial charge in [-0.15, -0.1) is 0 Å². The van der Waals surface area contributed by atoms with Crippen LogP contribution in [-0.4, -0.2) is 22.1 Å². The number of hydrogen-bond acceptors (Lipinski definition) is 5. The SMILES string of the molecule is O=C1OC2CCCCC2C(O)=C1CCCc1cccc([N+](=O)[O-])c1. The molecule has 1 N–H and O–H groups in total. The van der Waals surface area contributed by atoms with Gasteiger partial charge in [0.15, 0.2) is 0 Å². The summed E-state index contributed by atoms with van der Waals surface area (Å²) in [5.74, 6) is -0.256. The molecule has 6 heteroatoms. The molecule has 2 aliphatic rings. The summed E-state index contributed by atoms with van der Waals surface area (Å²) in [6.45, 7) is 0. The lowest BCUT2D eigenvalue weighted by molar-refractivity contribution is -0.384. The number of nitro groups is 1. The van der Waals surface area contributed by atoms with Gasteiger partial charge < -0.3 is 9.84 Å². The van der Waals surface area contributed by atoms with Gasteiger partial charge in [0, 0.05) is 12.1 Å². The Morgan fingerprint density at radius 3 is 2.83 bits per heavy atom. The summed E-state index contributed by atoms with van der Waals surface area (Å²) in [6, 6.07) is 6.49. The quantitative estimate of drug-likeness (QED) is 0.503. The molecule has 1 saturated carbocycles. The van der Waals surface area contributed by atoms with Gasteiger partial charge in [-0.05, 0) is 44.1 Å². The van der Waals surface area contributed by atoms with Crippen molar-refractivity contribution in [2.24, 2.45) is 5.92 Å². The van der Waals surface area contributed by atoms with E-state index in [-0.39, 0.29) is 23.5 Å². The Morgan fingerprint density at radius 1 is 1.25 bits per heavy atom. The second-order valence-corrected chi connectivity index (χ2v) is 6.48. The molecular weight excluding hydrogens is 310 g/mol. The molecule has 6 nitrogen and oxygen atoms in total. The zero-order valence-electron chi connectivity index (χ0n) is 13.4. The fraction of sp³-hybridized carbons (Fsp3) is 0.500. The molecule has 1 fully saturated rings. The highest BCUT2D eigenvalue weighted by molar-refractivity contribution is 5.90. The van der Waals surface area contributed by atoms with Gasteiger partial charge in [-0.25, -0.2) is 4.79 Å². The maximum atomic E-state index is 12.1. The van der Waals surface area contributed by atoms with Crippen molar-refractivity contribution >= 4 is 11.7 Å². The second-order valence-electron chi connectivity index (χ2n) is 6.48. The first-order valence-corrected chi connectivity index (χ1v) is 8.42. The minimum Gasteiger partial charge on any atom is -0.511 e. The first-order valence-electron chi connectivity index (χ1n) is 8.42. The lowest BCUT2D eigenvalue weighted by Gasteiger charge is -2.35. The fourth-order valence-corrected chi connectivity index (χ4v) is 3.61. The van der Waals surface area contributed by atoms with Crippen molar-refractivity contribution in [3.05, 3.63) is 51.3 Å². The molecule has 1 aliphatic heterocycles. The second kappa shape index (κ2) is 7.03. The van der Waals surface area contributed by atoms with Gasteiger partial charge in [0.1, 0.15) is 11.9 Å². The Hall–Kier alpha value is -2.37. The lowest BCUT2D eigenvalue weighted by atomic mass is 9.81. The van der Waals surface area contributed by atoms with Crippen LogP contribution in [0.15, 0.2) is 35.6 Å². The highest BCUT2D eigenvalue weighted by Crippen LogP contribution is 2.37. The lowest BCUT2D eigenvalue weighted by Crippen LogP contribution is -2.37. The van der Waals surface area contributed by atoms with Crippen LogP contribution in [0.25, 0.3) is 0 Å². The zero-order chi connectivity index (χ0) is 17.1. The maximum Gasteiger partial charge on any atom is 0.337 e. The van der Waals surface area contributed by atoms with Crippen molar-refractivity contribution < 1.29 is 19.6 Å². The molecule has 2 atom stereocenters. The third kappa shape index (κ3) is 3.42. The van der Waals surface area contributed by atoms with Gasteiger partial charge in [0.2, 0.25) is 0 Å². The van der Waals surface area contributed by atoms with Gasteiger partial charge in [-0.1, -0.05) is 18.6 Å². The van der Waals surface area contributed by atoms with Crippen LogP contribution in [0, 0.1) is 16.0 Å². The standard InChI is InChI=1S/C18H21NO5/c20-17-14-8-1-2-10-16(14)24-18(21)15(17)9-4-6-12-5-3-7-13(11-12)19(22)23/h3,5,7,11,14,16,20H,1-2,4,6,8-10H2. The molecular formula is C18H21NO5. The van der Waals surface area contributed by atoms with Crippen molar-refractivity contribution in [1.29, 1.82) is 0 Å². The summed E-state index contributed by atoms with van der Waals surface area (Å²) in [4.78, 5) is 22.5. The van der Waals surface area contributed by atoms with Crippen LogP contribution in [0.4, 0.5) is 5.69 Å². The number of aryl methyl sites for hydroxylation is 1. The van der Waals surface area contributed by atoms with Crippen molar-refractivity contribution in [1.82, 2.24) is 0 Å². The van der Waals surface area contributed by atoms with Crippen molar-refractivity contribution in [2.45, 2.75) is 51.0 Å². The molecule has 2 unspecified atom stereocenters. The van der Waals surface area contributed by atoms with Gasteiger partial charge in [0.25, 0.3) is 5.69 Å². The first kappa shape index (κ1) is 16.5. The summed E-state index contributed by atoms with van der Waals surface area (Å²) >= 11 is 0. The number of aliphatic hydroxyl groups excluding tert-OH is 1. The molecule has 128 valence electrons. The summed E-state index contributed by atoms with van der Waals surface area (Å²) in [5, 5.41) is 21.2. The summed E-state index contributed by atoms with van der Waals surface area (Å²) in [5.41, 5.74) is 1.30. The van der Waals surface area contributed by atoms with Crippen LogP contribution in [-0.2, 0) is 16.0 Å². The predicted octanol–water partition coefficient (Wildman–Crippen LogP) is 3.85. The van der Waals surface area contributed by atoms with E-state index < -0.39 is 10.9 Å². The number of carbonyl (C=O) groups is 1. The van der Waals surface area contributed by atoms with Crippen LogP contribution < -0.4 is 0 Å². The number of nitrogens with zero attached hydrogens (tertiary/aromatic N) is 1. The number of benzene rings is 1. The summed E-state index contributed by atoms with van der Waals surface area (Å²) in [7, 11) is 0. The number of aliphatic hydroxyl groups is 1. The maximum absolute atomic E-state index is 12.1. The summed E-state index contributed by atoms with van der Waals surface area (Å²) in [6.07, 6.45) is 5.25. The van der Waals surface area contributed by atoms with Crippen molar-refractivity contribution in [3.63, 3.8) is 0 Å². The molecule has 0 bridgehead atoms. The topological polar surface area (TPSA) is 89.7 Å². The Kier molecular flexibility index (Phi) is 4.83. The molecule has 24 heavy (non-hydrogen) atoms. The monoisotopic (exact) mass is 331 g/mol. The molecule has 1 heterocycles. The molecule has 0 amide bonds. The van der Waals surface area contributed by atoms with E-state index in [1.54, 1.807) is 12.1 Å². The average Bonchev–Trinajstić information content (AvgIpc) is 2.58. The third-order valence-electron chi connectivity index (χ3n) is 4.88. The van der Waals surface area contributed by atoms with E-state index in [0.717, 1.165) is 31.2 Å². The van der Waals surface area contributed by atoms with Crippen LogP contribution in [0.5, 0.6) is 0 Å². The Balaban J connectivity index is 1.64. The van der Waals surface area contributed by atoms with Gasteiger partial charge in [-0.3, -0.25) is 10.1 Å². The van der Waals surface area contributed by atoms with E-state index in [0.29, 0.717) is 24.8 Å². The highest BCUT2D eigenvalue weighted by Gasteiger charge is 2.38. The Bertz CT molecular complexity index is 682. The van der Waals surface area contributed by atoms with E-state index in [2.05, 4.69) is 0 Å². The number of carbonyl (C=O) groups excluding carboxylic acids is 1. The van der Waals surface area contributed by atoms with E-state index in [9.17, 15) is 20.0 Å². The van der Waals surface area contributed by atoms with Crippen LogP contribution in [0.1, 0.15) is 44.1 Å². The number of non-ortho nitro benzene ring substituents is 1. The van der Waals surface area contributed by atoms with E-state index in [1.165, 1.54) is 6.07 Å². The Morgan fingerprint density at radius 2 is 2.04 bits per heavy atom. The van der Waals surface area contributed by atoms with E-state index in [4.69, 9.17) is 4.74 Å². The first-order chi connectivity index (χ1) is 11.6. The molecule has 0 radical (unpaired) electrons. The Labute approximate surface area is 140 Å². The van der Waals surface area contributed by atoms with Crippen LogP contribution in [0.3, 0.4) is 0 Å². The fourth-order valence-electron chi connectivity index (χ4n) is 3.61. The number of hydrogen-bond donors (Lipinski definition) is 1. The van der Waals surface area contributed by atoms with E-state index in [1.807, 2.05) is 6.07 Å². The van der Waals surface area contributed by atoms with Crippen LogP contribution >= 0.6 is 0 Å². The predicted molar refractivity (Wildman–Crippen MR) is 87.5 cm³/mol. The molecule has 0 spiro atoms. The molecule has 1 aliphatic carbocycles. The normalized spacial score (nSPS) is 23.6. The average molecular weight is 331 g/mol. The number of nitro benzene ring substituents is 1. The molecule has 1 aromatic carbocycles. The minimum atomic E-state index is -0.417. The van der Waals surface area contributed by atoms with E-state index >= 15 is 0 Å². The molecule has 0 saturated heterocycles. The molecule has 3 rings (SSSR count). The van der Waals surface area contributed by atoms with Crippen molar-refractivity contribution in [2.75, 3.05) is 0 Å². The van der Waals surface area contributed by atoms with Gasteiger partial charge in [0.05, 0.1) is 16.4 Å². The number of esters is 1. The van der Waals surface area contributed by atoms with Gasteiger partial charge in [-0.2, -0.15) is 0 Å². The van der Waals surface area contributed by atoms with Crippen molar-refractivity contribution in [3.8, 4) is 0 Å². The largest absolute Gasteiger partial charge is 0.511 e. The minimum absolute atomic E-state index is 0.0516. The van der Waals surface area contributed by atoms with Gasteiger partial charge >= 0.3 is 5.97 Å². The molecule has 0 aromatic heterocycles. The smallest absolute Gasteiger partial charge is 0.337 e. The van der Waals surface area contributed by atoms with Crippen LogP contribution in [0.2, 0.25) is 0 Å². The zero-order valence-corrected chi connectivity index (χ0v) is 13.4. The highest BCUT2D eigenvalue weighted by atomic mass is 16.6. The number of ether oxygens (including phenoxy) is 1. The third-order valence-corrected chi connectivity index (χ3v) is 4.88. The molecule has 1 aromatic rings. The summed E-state index contributed by atoms with van der Waals surface area (Å²) < 4.78 is 5.48.